The van der Waals surface area contributed by atoms with Crippen molar-refractivity contribution in [3.8, 4) is 5.75 Å². The largest absolute Gasteiger partial charge is 0.496 e. The molecule has 7 nitrogen and oxygen atoms in total. The third-order valence-corrected chi connectivity index (χ3v) is 5.21. The van der Waals surface area contributed by atoms with E-state index in [1.54, 1.807) is 0 Å². The number of nitrogens with zero attached hydrogens (tertiary/aromatic N) is 1. The van der Waals surface area contributed by atoms with E-state index in [1.165, 1.54) is 25.3 Å². The van der Waals surface area contributed by atoms with Gasteiger partial charge in [-0.15, -0.1) is 0 Å². The Balaban J connectivity index is 2.35. The Hall–Kier alpha value is -1.64. The molecule has 3 N–H and O–H groups in total. The fraction of sp³-hybridized carbons (Fsp3) is 0.533. The molecule has 0 saturated carbocycles. The van der Waals surface area contributed by atoms with Crippen LogP contribution in [0.5, 0.6) is 5.75 Å². The Bertz CT molecular complexity index is 705. The number of hydrogen-bond acceptors (Lipinski definition) is 5. The first-order valence-electron chi connectivity index (χ1n) is 7.49. The molecular formula is C15H23N3O4S. The van der Waals surface area contributed by atoms with Gasteiger partial charge in [-0.1, -0.05) is 6.92 Å². The highest BCUT2D eigenvalue weighted by Crippen LogP contribution is 2.28. The van der Waals surface area contributed by atoms with Crippen LogP contribution in [-0.4, -0.2) is 45.1 Å². The smallest absolute Gasteiger partial charge is 0.256 e. The highest BCUT2D eigenvalue weighted by Gasteiger charge is 2.37. The Morgan fingerprint density at radius 3 is 2.74 bits per heavy atom. The van der Waals surface area contributed by atoms with E-state index in [1.807, 2.05) is 13.8 Å². The fourth-order valence-electron chi connectivity index (χ4n) is 3.02. The summed E-state index contributed by atoms with van der Waals surface area (Å²) in [4.78, 5) is 14.7. The summed E-state index contributed by atoms with van der Waals surface area (Å²) in [6.07, 6.45) is 1.84. The third kappa shape index (κ3) is 3.65. The van der Waals surface area contributed by atoms with Crippen LogP contribution in [0.15, 0.2) is 23.1 Å². The van der Waals surface area contributed by atoms with Gasteiger partial charge < -0.3 is 10.1 Å². The number of amides is 1. The average Bonchev–Trinajstić information content (AvgIpc) is 2.85. The number of rotatable bonds is 5. The Kier molecular flexibility index (Phi) is 4.98. The molecule has 1 aromatic rings. The minimum atomic E-state index is -3.89. The number of ether oxygens (including phenoxy) is 1. The number of carbonyl (C=O) groups is 1. The minimum absolute atomic E-state index is 0.118. The van der Waals surface area contributed by atoms with Gasteiger partial charge in [0.15, 0.2) is 0 Å². The summed E-state index contributed by atoms with van der Waals surface area (Å²) in [7, 11) is -2.46. The Morgan fingerprint density at radius 2 is 2.17 bits per heavy atom. The van der Waals surface area contributed by atoms with Gasteiger partial charge in [0.25, 0.3) is 5.91 Å². The number of primary sulfonamides is 1. The molecule has 0 aromatic heterocycles. The van der Waals surface area contributed by atoms with Crippen LogP contribution in [0.25, 0.3) is 0 Å². The molecule has 1 amide bonds. The van der Waals surface area contributed by atoms with E-state index in [9.17, 15) is 13.2 Å². The second-order valence-electron chi connectivity index (χ2n) is 5.82. The molecule has 128 valence electrons. The number of methoxy groups -OCH3 is 1. The summed E-state index contributed by atoms with van der Waals surface area (Å²) < 4.78 is 28.2. The van der Waals surface area contributed by atoms with E-state index < -0.39 is 15.7 Å². The second-order valence-corrected chi connectivity index (χ2v) is 7.38. The standard InChI is InChI=1S/C15H23N3O4S/c1-4-18-9-5-8-15(18,2)17-14(19)12-10-11(23(16,20)21)6-7-13(12)22-3/h6-7,10H,4-5,8-9H2,1-3H3,(H,17,19)(H2,16,20,21)/t15-/m0/s1. The number of nitrogens with two attached hydrogens (primary N) is 1. The molecule has 1 aliphatic heterocycles. The first-order chi connectivity index (χ1) is 10.7. The van der Waals surface area contributed by atoms with Gasteiger partial charge in [-0.2, -0.15) is 0 Å². The van der Waals surface area contributed by atoms with Crippen LogP contribution >= 0.6 is 0 Å². The van der Waals surface area contributed by atoms with Crippen LogP contribution in [-0.2, 0) is 10.0 Å². The van der Waals surface area contributed by atoms with E-state index in [0.29, 0.717) is 5.75 Å². The lowest BCUT2D eigenvalue weighted by Crippen LogP contribution is -2.55. The Morgan fingerprint density at radius 1 is 1.48 bits per heavy atom. The quantitative estimate of drug-likeness (QED) is 0.829. The predicted molar refractivity (Wildman–Crippen MR) is 86.7 cm³/mol. The van der Waals surface area contributed by atoms with Crippen molar-refractivity contribution in [1.82, 2.24) is 10.2 Å². The van der Waals surface area contributed by atoms with Crippen molar-refractivity contribution >= 4 is 15.9 Å². The summed E-state index contributed by atoms with van der Waals surface area (Å²) >= 11 is 0. The van der Waals surface area contributed by atoms with Crippen LogP contribution in [0.2, 0.25) is 0 Å². The molecule has 0 bridgehead atoms. The molecule has 0 aliphatic carbocycles. The Labute approximate surface area is 136 Å². The highest BCUT2D eigenvalue weighted by molar-refractivity contribution is 7.89. The van der Waals surface area contributed by atoms with Gasteiger partial charge in [-0.3, -0.25) is 9.69 Å². The van der Waals surface area contributed by atoms with Gasteiger partial charge >= 0.3 is 0 Å². The number of benzene rings is 1. The maximum atomic E-state index is 12.7. The third-order valence-electron chi connectivity index (χ3n) is 4.30. The van der Waals surface area contributed by atoms with E-state index >= 15 is 0 Å². The van der Waals surface area contributed by atoms with Crippen molar-refractivity contribution in [2.24, 2.45) is 5.14 Å². The van der Waals surface area contributed by atoms with Crippen LogP contribution < -0.4 is 15.2 Å². The summed E-state index contributed by atoms with van der Waals surface area (Å²) in [6, 6.07) is 4.00. The number of carbonyl (C=O) groups excluding carboxylic acids is 1. The minimum Gasteiger partial charge on any atom is -0.496 e. The lowest BCUT2D eigenvalue weighted by molar-refractivity contribution is 0.0742. The molecule has 0 unspecified atom stereocenters. The van der Waals surface area contributed by atoms with Gasteiger partial charge in [0, 0.05) is 6.54 Å². The van der Waals surface area contributed by atoms with Crippen molar-refractivity contribution in [2.45, 2.75) is 37.2 Å². The molecule has 0 radical (unpaired) electrons. The van der Waals surface area contributed by atoms with Gasteiger partial charge in [-0.05, 0) is 44.5 Å². The summed E-state index contributed by atoms with van der Waals surface area (Å²) in [6.45, 7) is 5.75. The lowest BCUT2D eigenvalue weighted by atomic mass is 10.1. The monoisotopic (exact) mass is 341 g/mol. The van der Waals surface area contributed by atoms with Gasteiger partial charge in [0.2, 0.25) is 10.0 Å². The molecule has 1 heterocycles. The summed E-state index contributed by atoms with van der Waals surface area (Å²) in [5, 5.41) is 8.14. The summed E-state index contributed by atoms with van der Waals surface area (Å²) in [5.74, 6) is -0.0743. The molecule has 2 rings (SSSR count). The molecule has 1 fully saturated rings. The van der Waals surface area contributed by atoms with Crippen molar-refractivity contribution < 1.29 is 17.9 Å². The van der Waals surface area contributed by atoms with E-state index in [-0.39, 0.29) is 16.4 Å². The molecule has 0 spiro atoms. The maximum Gasteiger partial charge on any atom is 0.256 e. The number of nitrogens with one attached hydrogen (secondary N) is 1. The predicted octanol–water partition coefficient (Wildman–Crippen LogP) is 0.904. The van der Waals surface area contributed by atoms with Crippen LogP contribution in [0.4, 0.5) is 0 Å². The molecular weight excluding hydrogens is 318 g/mol. The molecule has 23 heavy (non-hydrogen) atoms. The van der Waals surface area contributed by atoms with Crippen molar-refractivity contribution in [1.29, 1.82) is 0 Å². The molecule has 1 aromatic carbocycles. The first kappa shape index (κ1) is 17.7. The molecule has 1 aliphatic rings. The highest BCUT2D eigenvalue weighted by atomic mass is 32.2. The average molecular weight is 341 g/mol. The summed E-state index contributed by atoms with van der Waals surface area (Å²) in [5.41, 5.74) is -0.294. The number of likely N-dealkylation sites (tertiary alicyclic amines) is 1. The molecule has 8 heteroatoms. The zero-order valence-electron chi connectivity index (χ0n) is 13.6. The first-order valence-corrected chi connectivity index (χ1v) is 9.04. The van der Waals surface area contributed by atoms with Crippen LogP contribution in [0.1, 0.15) is 37.0 Å². The van der Waals surface area contributed by atoms with Gasteiger partial charge in [-0.25, -0.2) is 13.6 Å². The van der Waals surface area contributed by atoms with E-state index in [2.05, 4.69) is 10.2 Å². The van der Waals surface area contributed by atoms with E-state index in [4.69, 9.17) is 9.88 Å². The van der Waals surface area contributed by atoms with Crippen molar-refractivity contribution in [2.75, 3.05) is 20.2 Å². The molecule has 1 atom stereocenters. The van der Waals surface area contributed by atoms with Gasteiger partial charge in [0.05, 0.1) is 23.2 Å². The van der Waals surface area contributed by atoms with Crippen molar-refractivity contribution in [3.05, 3.63) is 23.8 Å². The fourth-order valence-corrected chi connectivity index (χ4v) is 3.56. The van der Waals surface area contributed by atoms with Crippen LogP contribution in [0.3, 0.4) is 0 Å². The van der Waals surface area contributed by atoms with Crippen LogP contribution in [0, 0.1) is 0 Å². The second kappa shape index (κ2) is 6.46. The lowest BCUT2D eigenvalue weighted by Gasteiger charge is -2.35. The topological polar surface area (TPSA) is 102 Å². The van der Waals surface area contributed by atoms with Crippen molar-refractivity contribution in [3.63, 3.8) is 0 Å². The SMILES string of the molecule is CCN1CCC[C@@]1(C)NC(=O)c1cc(S(N)(=O)=O)ccc1OC. The zero-order valence-corrected chi connectivity index (χ0v) is 14.4. The molecule has 1 saturated heterocycles. The van der Waals surface area contributed by atoms with Gasteiger partial charge in [0.1, 0.15) is 5.75 Å². The zero-order chi connectivity index (χ0) is 17.3. The maximum absolute atomic E-state index is 12.7. The number of hydrogen-bond donors (Lipinski definition) is 2. The normalized spacial score (nSPS) is 22.1. The number of sulfonamides is 1. The van der Waals surface area contributed by atoms with E-state index in [0.717, 1.165) is 25.9 Å².